The van der Waals surface area contributed by atoms with Gasteiger partial charge in [0.25, 0.3) is 5.91 Å². The minimum Gasteiger partial charge on any atom is -0.449 e. The SMILES string of the molecule is Cc1ccc(S(=O)(=O)N(C)C)cc1NC(=O)C(C)OC(=O)c1ccc2ccccc2c1. The molecule has 0 heterocycles. The molecule has 3 rings (SSSR count). The van der Waals surface area contributed by atoms with Crippen LogP contribution < -0.4 is 5.32 Å². The van der Waals surface area contributed by atoms with Crippen LogP contribution in [0.3, 0.4) is 0 Å². The molecule has 31 heavy (non-hydrogen) atoms. The Bertz CT molecular complexity index is 1250. The predicted molar refractivity (Wildman–Crippen MR) is 120 cm³/mol. The molecule has 3 aromatic carbocycles. The van der Waals surface area contributed by atoms with E-state index in [1.54, 1.807) is 25.1 Å². The Balaban J connectivity index is 1.73. The van der Waals surface area contributed by atoms with Crippen LogP contribution >= 0.6 is 0 Å². The zero-order valence-electron chi connectivity index (χ0n) is 17.7. The Morgan fingerprint density at radius 3 is 2.32 bits per heavy atom. The van der Waals surface area contributed by atoms with Crippen molar-refractivity contribution < 1.29 is 22.7 Å². The Kier molecular flexibility index (Phi) is 6.42. The Hall–Kier alpha value is -3.23. The lowest BCUT2D eigenvalue weighted by atomic mass is 10.1. The highest BCUT2D eigenvalue weighted by Gasteiger charge is 2.22. The Labute approximate surface area is 181 Å². The van der Waals surface area contributed by atoms with Gasteiger partial charge in [-0.25, -0.2) is 17.5 Å². The molecule has 8 heteroatoms. The van der Waals surface area contributed by atoms with Crippen LogP contribution in [-0.2, 0) is 19.6 Å². The molecule has 0 aliphatic rings. The summed E-state index contributed by atoms with van der Waals surface area (Å²) < 4.78 is 31.1. The highest BCUT2D eigenvalue weighted by Crippen LogP contribution is 2.22. The second-order valence-electron chi connectivity index (χ2n) is 7.36. The minimum atomic E-state index is -3.65. The van der Waals surface area contributed by atoms with Gasteiger partial charge in [-0.1, -0.05) is 36.4 Å². The number of hydrogen-bond donors (Lipinski definition) is 1. The first-order valence-electron chi connectivity index (χ1n) is 9.63. The van der Waals surface area contributed by atoms with Crippen molar-refractivity contribution in [1.29, 1.82) is 0 Å². The maximum atomic E-state index is 12.6. The Morgan fingerprint density at radius 1 is 0.968 bits per heavy atom. The van der Waals surface area contributed by atoms with E-state index in [1.165, 1.54) is 33.2 Å². The zero-order valence-corrected chi connectivity index (χ0v) is 18.6. The maximum Gasteiger partial charge on any atom is 0.338 e. The summed E-state index contributed by atoms with van der Waals surface area (Å²) in [5.74, 6) is -1.18. The molecule has 0 aromatic heterocycles. The van der Waals surface area contributed by atoms with E-state index in [0.717, 1.165) is 15.1 Å². The maximum absolute atomic E-state index is 12.6. The third-order valence-corrected chi connectivity index (χ3v) is 6.69. The largest absolute Gasteiger partial charge is 0.449 e. The molecule has 7 nitrogen and oxygen atoms in total. The predicted octanol–water partition coefficient (Wildman–Crippen LogP) is 3.58. The fourth-order valence-corrected chi connectivity index (χ4v) is 3.87. The van der Waals surface area contributed by atoms with Crippen LogP contribution in [0.4, 0.5) is 5.69 Å². The second-order valence-corrected chi connectivity index (χ2v) is 9.51. The number of benzene rings is 3. The summed E-state index contributed by atoms with van der Waals surface area (Å²) in [7, 11) is -0.784. The minimum absolute atomic E-state index is 0.0548. The second kappa shape index (κ2) is 8.87. The summed E-state index contributed by atoms with van der Waals surface area (Å²) in [4.78, 5) is 25.1. The van der Waals surface area contributed by atoms with Gasteiger partial charge in [0, 0.05) is 19.8 Å². The number of rotatable bonds is 6. The van der Waals surface area contributed by atoms with Gasteiger partial charge in [-0.2, -0.15) is 0 Å². The standard InChI is InChI=1S/C23H24N2O5S/c1-15-9-12-20(31(28,29)25(3)4)14-21(15)24-22(26)16(2)30-23(27)19-11-10-17-7-5-6-8-18(17)13-19/h5-14,16H,1-4H3,(H,24,26). The first-order chi connectivity index (χ1) is 14.6. The number of sulfonamides is 1. The van der Waals surface area contributed by atoms with Gasteiger partial charge in [-0.15, -0.1) is 0 Å². The average molecular weight is 441 g/mol. The van der Waals surface area contributed by atoms with Crippen LogP contribution in [0, 0.1) is 6.92 Å². The lowest BCUT2D eigenvalue weighted by molar-refractivity contribution is -0.123. The van der Waals surface area contributed by atoms with Gasteiger partial charge in [-0.3, -0.25) is 4.79 Å². The lowest BCUT2D eigenvalue weighted by Crippen LogP contribution is -2.30. The van der Waals surface area contributed by atoms with Gasteiger partial charge >= 0.3 is 5.97 Å². The monoisotopic (exact) mass is 440 g/mol. The number of nitrogens with one attached hydrogen (secondary N) is 1. The van der Waals surface area contributed by atoms with Gasteiger partial charge in [0.15, 0.2) is 6.10 Å². The van der Waals surface area contributed by atoms with Crippen molar-refractivity contribution in [2.24, 2.45) is 0 Å². The van der Waals surface area contributed by atoms with Crippen molar-refractivity contribution in [3.63, 3.8) is 0 Å². The summed E-state index contributed by atoms with van der Waals surface area (Å²) in [5.41, 5.74) is 1.36. The molecular weight excluding hydrogens is 416 g/mol. The molecule has 0 spiro atoms. The van der Waals surface area contributed by atoms with Crippen LogP contribution in [0.5, 0.6) is 0 Å². The average Bonchev–Trinajstić information content (AvgIpc) is 2.74. The van der Waals surface area contributed by atoms with Crippen molar-refractivity contribution in [3.05, 3.63) is 71.8 Å². The van der Waals surface area contributed by atoms with Crippen LogP contribution in [0.25, 0.3) is 10.8 Å². The van der Waals surface area contributed by atoms with Crippen molar-refractivity contribution in [1.82, 2.24) is 4.31 Å². The number of hydrogen-bond acceptors (Lipinski definition) is 5. The van der Waals surface area contributed by atoms with Crippen LogP contribution in [0.2, 0.25) is 0 Å². The van der Waals surface area contributed by atoms with Gasteiger partial charge in [0.2, 0.25) is 10.0 Å². The first-order valence-corrected chi connectivity index (χ1v) is 11.1. The first kappa shape index (κ1) is 22.5. The lowest BCUT2D eigenvalue weighted by Gasteiger charge is -2.17. The number of carbonyl (C=O) groups excluding carboxylic acids is 2. The number of carbonyl (C=O) groups is 2. The Morgan fingerprint density at radius 2 is 1.65 bits per heavy atom. The summed E-state index contributed by atoms with van der Waals surface area (Å²) in [6.45, 7) is 3.21. The number of amides is 1. The van der Waals surface area contributed by atoms with E-state index in [2.05, 4.69) is 5.32 Å². The molecule has 1 amide bonds. The van der Waals surface area contributed by atoms with Gasteiger partial charge in [0.05, 0.1) is 10.5 Å². The summed E-state index contributed by atoms with van der Waals surface area (Å²) >= 11 is 0. The van der Waals surface area contributed by atoms with Crippen LogP contribution in [-0.4, -0.2) is 44.8 Å². The smallest absolute Gasteiger partial charge is 0.338 e. The molecule has 1 N–H and O–H groups in total. The molecule has 0 saturated heterocycles. The molecule has 0 aliphatic heterocycles. The number of anilines is 1. The molecule has 0 aliphatic carbocycles. The molecule has 1 unspecified atom stereocenters. The van der Waals surface area contributed by atoms with E-state index in [1.807, 2.05) is 30.3 Å². The molecule has 0 radical (unpaired) electrons. The highest BCUT2D eigenvalue weighted by atomic mass is 32.2. The fraction of sp³-hybridized carbons (Fsp3) is 0.217. The van der Waals surface area contributed by atoms with Crippen molar-refractivity contribution in [2.75, 3.05) is 19.4 Å². The fourth-order valence-electron chi connectivity index (χ4n) is 2.94. The van der Waals surface area contributed by atoms with E-state index >= 15 is 0 Å². The molecule has 0 bridgehead atoms. The topological polar surface area (TPSA) is 92.8 Å². The van der Waals surface area contributed by atoms with Gasteiger partial charge < -0.3 is 10.1 Å². The van der Waals surface area contributed by atoms with Crippen LogP contribution in [0.1, 0.15) is 22.8 Å². The number of esters is 1. The van der Waals surface area contributed by atoms with Crippen molar-refractivity contribution >= 4 is 38.4 Å². The molecule has 0 fully saturated rings. The number of ether oxygens (including phenoxy) is 1. The van der Waals surface area contributed by atoms with Gasteiger partial charge in [-0.05, 0) is 54.4 Å². The van der Waals surface area contributed by atoms with E-state index in [9.17, 15) is 18.0 Å². The molecule has 0 saturated carbocycles. The zero-order chi connectivity index (χ0) is 22.8. The van der Waals surface area contributed by atoms with Crippen LogP contribution in [0.15, 0.2) is 65.6 Å². The quantitative estimate of drug-likeness (QED) is 0.592. The highest BCUT2D eigenvalue weighted by molar-refractivity contribution is 7.89. The number of fused-ring (bicyclic) bond motifs is 1. The van der Waals surface area contributed by atoms with E-state index in [4.69, 9.17) is 4.74 Å². The van der Waals surface area contributed by atoms with Crippen molar-refractivity contribution in [3.8, 4) is 0 Å². The number of nitrogens with zero attached hydrogens (tertiary/aromatic N) is 1. The molecular formula is C23H24N2O5S. The molecule has 3 aromatic rings. The van der Waals surface area contributed by atoms with E-state index < -0.39 is 28.0 Å². The summed E-state index contributed by atoms with van der Waals surface area (Å²) in [5, 5.41) is 4.53. The summed E-state index contributed by atoms with van der Waals surface area (Å²) in [6.07, 6.45) is -1.08. The number of aryl methyl sites for hydroxylation is 1. The summed E-state index contributed by atoms with van der Waals surface area (Å²) in [6, 6.07) is 17.3. The molecule has 1 atom stereocenters. The normalized spacial score (nSPS) is 12.5. The third-order valence-electron chi connectivity index (χ3n) is 4.88. The van der Waals surface area contributed by atoms with E-state index in [0.29, 0.717) is 16.8 Å². The van der Waals surface area contributed by atoms with Crippen molar-refractivity contribution in [2.45, 2.75) is 24.8 Å². The third kappa shape index (κ3) is 4.92. The van der Waals surface area contributed by atoms with Gasteiger partial charge in [0.1, 0.15) is 0 Å². The molecule has 162 valence electrons. The van der Waals surface area contributed by atoms with E-state index in [-0.39, 0.29) is 4.90 Å².